The van der Waals surface area contributed by atoms with Gasteiger partial charge in [0.15, 0.2) is 0 Å². The molecule has 0 aliphatic heterocycles. The van der Waals surface area contributed by atoms with Gasteiger partial charge in [0.1, 0.15) is 0 Å². The topological polar surface area (TPSA) is 31.1 Å². The predicted octanol–water partition coefficient (Wildman–Crippen LogP) is 2.60. The maximum Gasteiger partial charge on any atom is 0.0457 e. The van der Waals surface area contributed by atoms with Crippen molar-refractivity contribution in [2.24, 2.45) is 0 Å². The number of rotatable bonds is 6. The zero-order chi connectivity index (χ0) is 13.0. The van der Waals surface area contributed by atoms with Crippen LogP contribution in [0.2, 0.25) is 0 Å². The lowest BCUT2D eigenvalue weighted by atomic mass is 10.1. The number of hydrogen-bond donors (Lipinski definition) is 2. The van der Waals surface area contributed by atoms with Crippen LogP contribution >= 0.6 is 0 Å². The van der Waals surface area contributed by atoms with Crippen molar-refractivity contribution in [3.63, 3.8) is 0 Å². The smallest absolute Gasteiger partial charge is 0.0457 e. The van der Waals surface area contributed by atoms with Crippen LogP contribution in [0.15, 0.2) is 30.5 Å². The molecule has 0 aliphatic carbocycles. The van der Waals surface area contributed by atoms with Gasteiger partial charge < -0.3 is 15.2 Å². The van der Waals surface area contributed by atoms with E-state index in [4.69, 9.17) is 0 Å². The Morgan fingerprint density at radius 1 is 1.33 bits per heavy atom. The average Bonchev–Trinajstić information content (AvgIpc) is 2.83. The number of likely N-dealkylation sites (N-methyl/N-ethyl adjacent to an activating group) is 1. The molecule has 98 valence electrons. The second kappa shape index (κ2) is 6.03. The van der Waals surface area contributed by atoms with Crippen molar-refractivity contribution in [1.82, 2.24) is 15.2 Å². The number of benzene rings is 1. The van der Waals surface area contributed by atoms with Crippen molar-refractivity contribution in [2.75, 3.05) is 20.1 Å². The Balaban J connectivity index is 1.89. The van der Waals surface area contributed by atoms with E-state index in [0.717, 1.165) is 19.6 Å². The third-order valence-electron chi connectivity index (χ3n) is 3.40. The molecule has 1 aromatic carbocycles. The molecule has 1 atom stereocenters. The Morgan fingerprint density at radius 3 is 2.94 bits per heavy atom. The third-order valence-corrected chi connectivity index (χ3v) is 3.40. The summed E-state index contributed by atoms with van der Waals surface area (Å²) in [6.45, 7) is 7.53. The summed E-state index contributed by atoms with van der Waals surface area (Å²) in [6.07, 6.45) is 1.99. The molecule has 2 N–H and O–H groups in total. The highest BCUT2D eigenvalue weighted by Gasteiger charge is 2.04. The molecule has 0 aliphatic rings. The highest BCUT2D eigenvalue weighted by atomic mass is 15.1. The minimum Gasteiger partial charge on any atom is -0.361 e. The molecule has 0 amide bonds. The first-order valence-electron chi connectivity index (χ1n) is 6.67. The molecule has 3 nitrogen and oxygen atoms in total. The average molecular weight is 245 g/mol. The maximum absolute atomic E-state index is 3.57. The van der Waals surface area contributed by atoms with Crippen molar-refractivity contribution in [3.05, 3.63) is 36.0 Å². The van der Waals surface area contributed by atoms with Crippen LogP contribution in [0.5, 0.6) is 0 Å². The zero-order valence-electron chi connectivity index (χ0n) is 11.5. The van der Waals surface area contributed by atoms with E-state index in [1.165, 1.54) is 16.5 Å². The van der Waals surface area contributed by atoms with E-state index in [1.54, 1.807) is 0 Å². The van der Waals surface area contributed by atoms with Gasteiger partial charge in [-0.1, -0.05) is 19.1 Å². The minimum atomic E-state index is 0.509. The van der Waals surface area contributed by atoms with Gasteiger partial charge in [-0.2, -0.15) is 0 Å². The van der Waals surface area contributed by atoms with E-state index in [9.17, 15) is 0 Å². The number of nitrogens with zero attached hydrogens (tertiary/aromatic N) is 1. The first kappa shape index (κ1) is 13.1. The lowest BCUT2D eigenvalue weighted by Gasteiger charge is -2.20. The van der Waals surface area contributed by atoms with Crippen molar-refractivity contribution >= 4 is 10.9 Å². The summed E-state index contributed by atoms with van der Waals surface area (Å²) in [7, 11) is 2.16. The van der Waals surface area contributed by atoms with Gasteiger partial charge in [-0.25, -0.2) is 0 Å². The Labute approximate surface area is 109 Å². The van der Waals surface area contributed by atoms with Gasteiger partial charge >= 0.3 is 0 Å². The van der Waals surface area contributed by atoms with Crippen molar-refractivity contribution < 1.29 is 0 Å². The summed E-state index contributed by atoms with van der Waals surface area (Å²) in [5.41, 5.74) is 2.54. The Hall–Kier alpha value is -1.32. The lowest BCUT2D eigenvalue weighted by Crippen LogP contribution is -2.36. The second-order valence-electron chi connectivity index (χ2n) is 5.04. The van der Waals surface area contributed by atoms with E-state index >= 15 is 0 Å². The van der Waals surface area contributed by atoms with E-state index in [2.05, 4.69) is 60.4 Å². The lowest BCUT2D eigenvalue weighted by molar-refractivity contribution is 0.309. The summed E-state index contributed by atoms with van der Waals surface area (Å²) in [5, 5.41) is 4.84. The van der Waals surface area contributed by atoms with Gasteiger partial charge in [-0.05, 0) is 43.6 Å². The molecule has 0 fully saturated rings. The van der Waals surface area contributed by atoms with E-state index in [-0.39, 0.29) is 0 Å². The zero-order valence-corrected chi connectivity index (χ0v) is 11.5. The summed E-state index contributed by atoms with van der Waals surface area (Å²) in [4.78, 5) is 5.58. The molecule has 0 saturated carbocycles. The number of hydrogen-bond acceptors (Lipinski definition) is 2. The van der Waals surface area contributed by atoms with E-state index < -0.39 is 0 Å². The predicted molar refractivity (Wildman–Crippen MR) is 77.8 cm³/mol. The second-order valence-corrected chi connectivity index (χ2v) is 5.04. The molecule has 3 heteroatoms. The van der Waals surface area contributed by atoms with Gasteiger partial charge in [-0.15, -0.1) is 0 Å². The third kappa shape index (κ3) is 3.34. The van der Waals surface area contributed by atoms with Gasteiger partial charge in [0.2, 0.25) is 0 Å². The molecule has 0 spiro atoms. The molecule has 0 saturated heterocycles. The molecule has 0 radical (unpaired) electrons. The fourth-order valence-electron chi connectivity index (χ4n) is 2.16. The van der Waals surface area contributed by atoms with Crippen LogP contribution in [0.25, 0.3) is 10.9 Å². The number of fused-ring (bicyclic) bond motifs is 1. The van der Waals surface area contributed by atoms with E-state index in [0.29, 0.717) is 6.04 Å². The molecule has 1 aromatic heterocycles. The molecular formula is C15H23N3. The highest BCUT2D eigenvalue weighted by molar-refractivity contribution is 5.79. The van der Waals surface area contributed by atoms with Crippen LogP contribution in [0, 0.1) is 0 Å². The van der Waals surface area contributed by atoms with Crippen LogP contribution in [0.4, 0.5) is 0 Å². The molecule has 1 unspecified atom stereocenters. The minimum absolute atomic E-state index is 0.509. The molecule has 2 rings (SSSR count). The van der Waals surface area contributed by atoms with Crippen LogP contribution in [-0.2, 0) is 6.54 Å². The summed E-state index contributed by atoms with van der Waals surface area (Å²) >= 11 is 0. The van der Waals surface area contributed by atoms with Gasteiger partial charge in [0.25, 0.3) is 0 Å². The molecule has 1 heterocycles. The quantitative estimate of drug-likeness (QED) is 0.819. The molecular weight excluding hydrogens is 222 g/mol. The maximum atomic E-state index is 3.57. The van der Waals surface area contributed by atoms with Crippen molar-refractivity contribution in [3.8, 4) is 0 Å². The Bertz CT molecular complexity index is 489. The van der Waals surface area contributed by atoms with Crippen molar-refractivity contribution in [2.45, 2.75) is 26.4 Å². The van der Waals surface area contributed by atoms with Gasteiger partial charge in [-0.3, -0.25) is 0 Å². The van der Waals surface area contributed by atoms with Gasteiger partial charge in [0, 0.05) is 30.8 Å². The first-order chi connectivity index (χ1) is 8.69. The molecule has 18 heavy (non-hydrogen) atoms. The van der Waals surface area contributed by atoms with Crippen LogP contribution < -0.4 is 5.32 Å². The highest BCUT2D eigenvalue weighted by Crippen LogP contribution is 2.14. The van der Waals surface area contributed by atoms with E-state index in [1.807, 2.05) is 6.20 Å². The summed E-state index contributed by atoms with van der Waals surface area (Å²) < 4.78 is 0. The van der Waals surface area contributed by atoms with Crippen molar-refractivity contribution in [1.29, 1.82) is 0 Å². The number of nitrogens with one attached hydrogen (secondary N) is 2. The number of aromatic nitrogens is 1. The van der Waals surface area contributed by atoms with Gasteiger partial charge in [0.05, 0.1) is 0 Å². The van der Waals surface area contributed by atoms with Crippen LogP contribution in [-0.4, -0.2) is 36.1 Å². The Morgan fingerprint density at radius 2 is 2.17 bits per heavy atom. The molecule has 2 aromatic rings. The first-order valence-corrected chi connectivity index (χ1v) is 6.67. The standard InChI is InChI=1S/C15H23N3/c1-4-18(3)11-12(2)17-10-13-5-6-14-7-8-16-15(14)9-13/h5-9,12,16-17H,4,10-11H2,1-3H3. The largest absolute Gasteiger partial charge is 0.361 e. The van der Waals surface area contributed by atoms with Crippen LogP contribution in [0.3, 0.4) is 0 Å². The monoisotopic (exact) mass is 245 g/mol. The fraction of sp³-hybridized carbons (Fsp3) is 0.467. The summed E-state index contributed by atoms with van der Waals surface area (Å²) in [5.74, 6) is 0. The number of H-pyrrole nitrogens is 1. The SMILES string of the molecule is CCN(C)CC(C)NCc1ccc2cc[nH]c2c1. The number of aromatic amines is 1. The Kier molecular flexibility index (Phi) is 4.39. The van der Waals surface area contributed by atoms with Crippen LogP contribution in [0.1, 0.15) is 19.4 Å². The normalized spacial score (nSPS) is 13.3. The fourth-order valence-corrected chi connectivity index (χ4v) is 2.16. The molecule has 0 bridgehead atoms. The summed E-state index contributed by atoms with van der Waals surface area (Å²) in [6, 6.07) is 9.20.